The summed E-state index contributed by atoms with van der Waals surface area (Å²) < 4.78 is 0. The van der Waals surface area contributed by atoms with E-state index in [1.807, 2.05) is 0 Å². The van der Waals surface area contributed by atoms with Gasteiger partial charge in [-0.3, -0.25) is 9.59 Å². The summed E-state index contributed by atoms with van der Waals surface area (Å²) in [5.74, 6) is -1.31. The van der Waals surface area contributed by atoms with E-state index in [1.165, 1.54) is 0 Å². The van der Waals surface area contributed by atoms with Crippen LogP contribution in [0.25, 0.3) is 0 Å². The van der Waals surface area contributed by atoms with Gasteiger partial charge in [-0.05, 0) is 5.92 Å². The van der Waals surface area contributed by atoms with Gasteiger partial charge in [0.15, 0.2) is 0 Å². The zero-order valence-electron chi connectivity index (χ0n) is 8.36. The van der Waals surface area contributed by atoms with E-state index in [0.29, 0.717) is 0 Å². The van der Waals surface area contributed by atoms with Gasteiger partial charge in [0.25, 0.3) is 0 Å². The Hall–Kier alpha value is -1.14. The van der Waals surface area contributed by atoms with Crippen LogP contribution in [0, 0.1) is 5.92 Å². The highest BCUT2D eigenvalue weighted by Gasteiger charge is 2.22. The van der Waals surface area contributed by atoms with Gasteiger partial charge in [-0.15, -0.1) is 0 Å². The third-order valence-electron chi connectivity index (χ3n) is 1.86. The molecule has 0 aliphatic carbocycles. The normalized spacial score (nSPS) is 14.9. The van der Waals surface area contributed by atoms with Crippen LogP contribution >= 0.6 is 0 Å². The maximum absolute atomic E-state index is 11.3. The first-order valence-electron chi connectivity index (χ1n) is 4.36. The second-order valence-corrected chi connectivity index (χ2v) is 3.42. The molecule has 0 aromatic carbocycles. The molecule has 0 aliphatic heterocycles. The van der Waals surface area contributed by atoms with Crippen molar-refractivity contribution in [2.45, 2.75) is 25.9 Å². The van der Waals surface area contributed by atoms with Gasteiger partial charge < -0.3 is 21.9 Å². The first kappa shape index (κ1) is 12.9. The first-order valence-corrected chi connectivity index (χ1v) is 4.36. The summed E-state index contributed by atoms with van der Waals surface area (Å²) in [6.45, 7) is 3.04. The Kier molecular flexibility index (Phi) is 5.11. The first-order chi connectivity index (χ1) is 6.40. The lowest BCUT2D eigenvalue weighted by molar-refractivity contribution is -0.129. The van der Waals surface area contributed by atoms with E-state index in [-0.39, 0.29) is 5.92 Å². The molecule has 14 heavy (non-hydrogen) atoms. The molecule has 0 spiro atoms. The van der Waals surface area contributed by atoms with Crippen molar-refractivity contribution in [3.8, 4) is 0 Å². The lowest BCUT2D eigenvalue weighted by Gasteiger charge is -2.18. The number of hydrogen-bond donors (Lipinski definition) is 4. The molecule has 0 heterocycles. The number of aliphatic hydroxyl groups is 1. The Morgan fingerprint density at radius 1 is 1.43 bits per heavy atom. The summed E-state index contributed by atoms with van der Waals surface area (Å²) in [7, 11) is 0. The quantitative estimate of drug-likeness (QED) is 0.410. The molecule has 0 fully saturated rings. The van der Waals surface area contributed by atoms with Crippen LogP contribution in [0.3, 0.4) is 0 Å². The lowest BCUT2D eigenvalue weighted by atomic mass is 10.0. The SMILES string of the molecule is CC(C)C(N)C(=O)NC(CO)C(N)=O. The van der Waals surface area contributed by atoms with Crippen LogP contribution in [0.15, 0.2) is 0 Å². The Balaban J connectivity index is 4.22. The molecule has 6 heteroatoms. The molecule has 0 aromatic rings. The summed E-state index contributed by atoms with van der Waals surface area (Å²) in [5.41, 5.74) is 10.4. The van der Waals surface area contributed by atoms with Gasteiger partial charge in [-0.25, -0.2) is 0 Å². The summed E-state index contributed by atoms with van der Waals surface area (Å²) in [6, 6.07) is -1.77. The van der Waals surface area contributed by atoms with Crippen LogP contribution in [-0.4, -0.2) is 35.6 Å². The van der Waals surface area contributed by atoms with Gasteiger partial charge in [0.05, 0.1) is 12.6 Å². The van der Waals surface area contributed by atoms with E-state index in [0.717, 1.165) is 0 Å². The molecule has 0 rings (SSSR count). The molecule has 2 amide bonds. The highest BCUT2D eigenvalue weighted by Crippen LogP contribution is 1.98. The van der Waals surface area contributed by atoms with Gasteiger partial charge >= 0.3 is 0 Å². The number of carbonyl (C=O) groups is 2. The number of hydrogen-bond acceptors (Lipinski definition) is 4. The molecular weight excluding hydrogens is 186 g/mol. The zero-order chi connectivity index (χ0) is 11.3. The topological polar surface area (TPSA) is 118 Å². The largest absolute Gasteiger partial charge is 0.394 e. The molecule has 2 atom stereocenters. The maximum atomic E-state index is 11.3. The molecule has 0 saturated heterocycles. The number of nitrogens with two attached hydrogens (primary N) is 2. The lowest BCUT2D eigenvalue weighted by Crippen LogP contribution is -2.53. The van der Waals surface area contributed by atoms with Crippen molar-refractivity contribution in [1.29, 1.82) is 0 Å². The summed E-state index contributed by atoms with van der Waals surface area (Å²) >= 11 is 0. The van der Waals surface area contributed by atoms with Crippen molar-refractivity contribution >= 4 is 11.8 Å². The molecule has 0 saturated carbocycles. The van der Waals surface area contributed by atoms with Gasteiger partial charge in [0, 0.05) is 0 Å². The predicted molar refractivity (Wildman–Crippen MR) is 51.0 cm³/mol. The maximum Gasteiger partial charge on any atom is 0.242 e. The van der Waals surface area contributed by atoms with Crippen LogP contribution in [0.4, 0.5) is 0 Å². The van der Waals surface area contributed by atoms with E-state index in [1.54, 1.807) is 13.8 Å². The number of nitrogens with one attached hydrogen (secondary N) is 1. The summed E-state index contributed by atoms with van der Waals surface area (Å²) in [5, 5.41) is 11.0. The number of amides is 2. The standard InChI is InChI=1S/C8H17N3O3/c1-4(2)6(9)8(14)11-5(3-12)7(10)13/h4-6,12H,3,9H2,1-2H3,(H2,10,13)(H,11,14). The minimum atomic E-state index is -1.06. The van der Waals surface area contributed by atoms with Crippen molar-refractivity contribution in [3.63, 3.8) is 0 Å². The monoisotopic (exact) mass is 203 g/mol. The van der Waals surface area contributed by atoms with Gasteiger partial charge in [-0.2, -0.15) is 0 Å². The molecule has 82 valence electrons. The average molecular weight is 203 g/mol. The molecule has 0 aromatic heterocycles. The summed E-state index contributed by atoms with van der Waals surface area (Å²) in [6.07, 6.45) is 0. The van der Waals surface area contributed by atoms with Gasteiger partial charge in [0.2, 0.25) is 11.8 Å². The van der Waals surface area contributed by atoms with E-state index in [4.69, 9.17) is 16.6 Å². The average Bonchev–Trinajstić information content (AvgIpc) is 2.11. The number of primary amides is 1. The Bertz CT molecular complexity index is 218. The van der Waals surface area contributed by atoms with Crippen LogP contribution in [0.1, 0.15) is 13.8 Å². The molecule has 6 nitrogen and oxygen atoms in total. The van der Waals surface area contributed by atoms with Crippen molar-refractivity contribution in [2.24, 2.45) is 17.4 Å². The van der Waals surface area contributed by atoms with Crippen molar-refractivity contribution in [3.05, 3.63) is 0 Å². The van der Waals surface area contributed by atoms with E-state index < -0.39 is 30.5 Å². The third-order valence-corrected chi connectivity index (χ3v) is 1.86. The fourth-order valence-corrected chi connectivity index (χ4v) is 0.777. The molecule has 0 aliphatic rings. The van der Waals surface area contributed by atoms with Crippen molar-refractivity contribution in [1.82, 2.24) is 5.32 Å². The molecule has 0 radical (unpaired) electrons. The summed E-state index contributed by atoms with van der Waals surface area (Å²) in [4.78, 5) is 22.0. The van der Waals surface area contributed by atoms with Crippen LogP contribution in [-0.2, 0) is 9.59 Å². The number of carbonyl (C=O) groups excluding carboxylic acids is 2. The van der Waals surface area contributed by atoms with Crippen LogP contribution in [0.5, 0.6) is 0 Å². The molecule has 0 bridgehead atoms. The van der Waals surface area contributed by atoms with Crippen LogP contribution < -0.4 is 16.8 Å². The molecule has 2 unspecified atom stereocenters. The fraction of sp³-hybridized carbons (Fsp3) is 0.750. The van der Waals surface area contributed by atoms with Crippen molar-refractivity contribution in [2.75, 3.05) is 6.61 Å². The second kappa shape index (κ2) is 5.56. The number of aliphatic hydroxyl groups excluding tert-OH is 1. The van der Waals surface area contributed by atoms with Gasteiger partial charge in [0.1, 0.15) is 6.04 Å². The molecule has 6 N–H and O–H groups in total. The Morgan fingerprint density at radius 3 is 2.21 bits per heavy atom. The smallest absolute Gasteiger partial charge is 0.242 e. The third kappa shape index (κ3) is 3.71. The van der Waals surface area contributed by atoms with Crippen molar-refractivity contribution < 1.29 is 14.7 Å². The molecular formula is C8H17N3O3. The van der Waals surface area contributed by atoms with Gasteiger partial charge in [-0.1, -0.05) is 13.8 Å². The highest BCUT2D eigenvalue weighted by molar-refractivity contribution is 5.89. The predicted octanol–water partition coefficient (Wildman–Crippen LogP) is -2.07. The van der Waals surface area contributed by atoms with Crippen LogP contribution in [0.2, 0.25) is 0 Å². The zero-order valence-corrected chi connectivity index (χ0v) is 8.36. The minimum absolute atomic E-state index is 0.0396. The highest BCUT2D eigenvalue weighted by atomic mass is 16.3. The Morgan fingerprint density at radius 2 is 1.93 bits per heavy atom. The second-order valence-electron chi connectivity index (χ2n) is 3.42. The number of rotatable bonds is 5. The van der Waals surface area contributed by atoms with E-state index in [9.17, 15) is 9.59 Å². The minimum Gasteiger partial charge on any atom is -0.394 e. The van der Waals surface area contributed by atoms with E-state index in [2.05, 4.69) is 5.32 Å². The fourth-order valence-electron chi connectivity index (χ4n) is 0.777. The Labute approximate surface area is 82.6 Å². The van der Waals surface area contributed by atoms with E-state index >= 15 is 0 Å².